The van der Waals surface area contributed by atoms with E-state index in [2.05, 4.69) is 102 Å². The van der Waals surface area contributed by atoms with E-state index < -0.39 is 0 Å². The Morgan fingerprint density at radius 3 is 1.19 bits per heavy atom. The van der Waals surface area contributed by atoms with Crippen LogP contribution in [0.25, 0.3) is 0 Å². The van der Waals surface area contributed by atoms with Crippen LogP contribution in [0.3, 0.4) is 0 Å². The zero-order valence-corrected chi connectivity index (χ0v) is 22.9. The topological polar surface area (TPSA) is 34.1 Å². The maximum Gasteiger partial charge on any atom is 0.143 e. The van der Waals surface area contributed by atoms with E-state index in [0.29, 0.717) is 23.4 Å². The number of hydrogen-bond acceptors (Lipinski definition) is 2. The molecule has 2 nitrogen and oxygen atoms in total. The fourth-order valence-corrected chi connectivity index (χ4v) is 9.77. The molecule has 36 heavy (non-hydrogen) atoms. The number of carbonyl (C=O) groups is 2. The molecule has 2 heteroatoms. The fraction of sp³-hybridized carbons (Fsp3) is 0.588. The van der Waals surface area contributed by atoms with Gasteiger partial charge in [0.05, 0.1) is 0 Å². The largest absolute Gasteiger partial charge is 0.299 e. The number of fused-ring (bicyclic) bond motifs is 4. The quantitative estimate of drug-likeness (QED) is 0.435. The summed E-state index contributed by atoms with van der Waals surface area (Å²) in [5.74, 6) is 1.52. The molecular weight excluding hydrogens is 440 g/mol. The zero-order valence-electron chi connectivity index (χ0n) is 22.9. The Kier molecular flexibility index (Phi) is 5.13. The van der Waals surface area contributed by atoms with Gasteiger partial charge in [-0.25, -0.2) is 0 Å². The van der Waals surface area contributed by atoms with Crippen molar-refractivity contribution in [3.8, 4) is 0 Å². The Balaban J connectivity index is 1.57. The van der Waals surface area contributed by atoms with Crippen LogP contribution in [0.5, 0.6) is 0 Å². The van der Waals surface area contributed by atoms with Gasteiger partial charge in [0, 0.05) is 34.5 Å². The molecule has 0 heterocycles. The zero-order chi connectivity index (χ0) is 25.7. The second-order valence-electron chi connectivity index (χ2n) is 14.1. The minimum atomic E-state index is -0.277. The van der Waals surface area contributed by atoms with Crippen LogP contribution in [0.2, 0.25) is 0 Å². The lowest BCUT2D eigenvalue weighted by Gasteiger charge is -2.42. The highest BCUT2D eigenvalue weighted by Gasteiger charge is 2.71. The Hall–Kier alpha value is -2.22. The molecule has 2 aromatic carbocycles. The molecule has 4 aliphatic carbocycles. The van der Waals surface area contributed by atoms with Gasteiger partial charge in [-0.3, -0.25) is 9.59 Å². The van der Waals surface area contributed by atoms with E-state index in [4.69, 9.17) is 0 Å². The van der Waals surface area contributed by atoms with E-state index in [0.717, 1.165) is 25.7 Å². The predicted octanol–water partition coefficient (Wildman–Crippen LogP) is 7.84. The Bertz CT molecular complexity index is 1100. The lowest BCUT2D eigenvalue weighted by atomic mass is 9.60. The van der Waals surface area contributed by atoms with Crippen LogP contribution in [0.1, 0.15) is 90.2 Å². The molecule has 0 aromatic heterocycles. The van der Waals surface area contributed by atoms with E-state index >= 15 is 0 Å². The van der Waals surface area contributed by atoms with Crippen molar-refractivity contribution in [3.63, 3.8) is 0 Å². The molecule has 4 aliphatic rings. The molecule has 8 atom stereocenters. The second-order valence-corrected chi connectivity index (χ2v) is 14.1. The van der Waals surface area contributed by atoms with Crippen molar-refractivity contribution in [3.05, 3.63) is 71.8 Å². The Morgan fingerprint density at radius 1 is 0.583 bits per heavy atom. The summed E-state index contributed by atoms with van der Waals surface area (Å²) >= 11 is 0. The number of carbonyl (C=O) groups excluding carboxylic acids is 2. The monoisotopic (exact) mass is 482 g/mol. The molecule has 6 rings (SSSR count). The average molecular weight is 483 g/mol. The summed E-state index contributed by atoms with van der Waals surface area (Å²) in [5.41, 5.74) is 1.87. The summed E-state index contributed by atoms with van der Waals surface area (Å²) in [5, 5.41) is 0. The van der Waals surface area contributed by atoms with Crippen molar-refractivity contribution in [1.29, 1.82) is 0 Å². The van der Waals surface area contributed by atoms with Gasteiger partial charge in [0.2, 0.25) is 0 Å². The lowest BCUT2D eigenvalue weighted by Crippen LogP contribution is -2.41. The first-order valence-electron chi connectivity index (χ1n) is 14.2. The van der Waals surface area contributed by atoms with Gasteiger partial charge in [0.1, 0.15) is 11.6 Å². The predicted molar refractivity (Wildman–Crippen MR) is 145 cm³/mol. The van der Waals surface area contributed by atoms with Gasteiger partial charge in [-0.15, -0.1) is 0 Å². The van der Waals surface area contributed by atoms with Crippen LogP contribution in [-0.2, 0) is 9.59 Å². The maximum atomic E-state index is 14.4. The van der Waals surface area contributed by atoms with Crippen molar-refractivity contribution >= 4 is 11.6 Å². The lowest BCUT2D eigenvalue weighted by molar-refractivity contribution is -0.135. The normalized spacial score (nSPS) is 39.5. The molecule has 4 saturated carbocycles. The molecule has 4 fully saturated rings. The third-order valence-corrected chi connectivity index (χ3v) is 12.7. The standard InChI is InChI=1S/C34H42O2/c1-31(2)23-17-19-33(31,5)29(35)27(23)25(21-13-9-7-10-14-21)26(22-15-11-8-12-16-22)28-24-18-20-34(6,30(28)36)32(24,3)4/h7-16,23-28H,17-20H2,1-6H3/t23?,24?,25-,26+,27?,28?,33?,34?. The molecule has 0 aliphatic heterocycles. The van der Waals surface area contributed by atoms with E-state index in [9.17, 15) is 9.59 Å². The Labute approximate surface area is 217 Å². The number of rotatable bonds is 5. The van der Waals surface area contributed by atoms with E-state index in [1.807, 2.05) is 0 Å². The second kappa shape index (κ2) is 7.65. The van der Waals surface area contributed by atoms with Crippen molar-refractivity contribution < 1.29 is 9.59 Å². The van der Waals surface area contributed by atoms with E-state index in [-0.39, 0.29) is 45.3 Å². The number of hydrogen-bond donors (Lipinski definition) is 0. The molecule has 0 N–H and O–H groups in total. The first-order valence-corrected chi connectivity index (χ1v) is 14.2. The van der Waals surface area contributed by atoms with Gasteiger partial charge in [-0.05, 0) is 59.5 Å². The smallest absolute Gasteiger partial charge is 0.143 e. The number of ketones is 2. The molecule has 190 valence electrons. The molecule has 0 spiro atoms. The van der Waals surface area contributed by atoms with E-state index in [1.54, 1.807) is 0 Å². The first-order chi connectivity index (χ1) is 17.0. The highest BCUT2D eigenvalue weighted by molar-refractivity contribution is 5.94. The molecular formula is C34H42O2. The van der Waals surface area contributed by atoms with Crippen LogP contribution in [-0.4, -0.2) is 11.6 Å². The molecule has 0 radical (unpaired) electrons. The molecule has 6 unspecified atom stereocenters. The number of benzene rings is 2. The molecule has 0 amide bonds. The first kappa shape index (κ1) is 24.1. The summed E-state index contributed by atoms with van der Waals surface area (Å²) in [6, 6.07) is 21.5. The van der Waals surface area contributed by atoms with Crippen LogP contribution < -0.4 is 0 Å². The van der Waals surface area contributed by atoms with Gasteiger partial charge < -0.3 is 0 Å². The summed E-state index contributed by atoms with van der Waals surface area (Å²) in [6.07, 6.45) is 4.20. The third-order valence-electron chi connectivity index (χ3n) is 12.7. The number of Topliss-reactive ketones (excluding diaryl/α,β-unsaturated/α-hetero) is 2. The maximum absolute atomic E-state index is 14.4. The molecule has 4 bridgehead atoms. The molecule has 0 saturated heterocycles. The van der Waals surface area contributed by atoms with Crippen molar-refractivity contribution in [1.82, 2.24) is 0 Å². The van der Waals surface area contributed by atoms with Gasteiger partial charge in [0.15, 0.2) is 0 Å². The summed E-state index contributed by atoms with van der Waals surface area (Å²) in [6.45, 7) is 13.8. The van der Waals surface area contributed by atoms with Crippen molar-refractivity contribution in [2.24, 2.45) is 45.3 Å². The Morgan fingerprint density at radius 2 is 0.917 bits per heavy atom. The van der Waals surface area contributed by atoms with Gasteiger partial charge >= 0.3 is 0 Å². The van der Waals surface area contributed by atoms with Gasteiger partial charge in [-0.1, -0.05) is 102 Å². The molecule has 2 aromatic rings. The van der Waals surface area contributed by atoms with Gasteiger partial charge in [-0.2, -0.15) is 0 Å². The average Bonchev–Trinajstić information content (AvgIpc) is 3.35. The van der Waals surface area contributed by atoms with Crippen LogP contribution in [0.15, 0.2) is 60.7 Å². The van der Waals surface area contributed by atoms with Crippen LogP contribution in [0, 0.1) is 45.3 Å². The fourth-order valence-electron chi connectivity index (χ4n) is 9.77. The van der Waals surface area contributed by atoms with E-state index in [1.165, 1.54) is 11.1 Å². The summed E-state index contributed by atoms with van der Waals surface area (Å²) in [7, 11) is 0. The van der Waals surface area contributed by atoms with Crippen molar-refractivity contribution in [2.45, 2.75) is 79.1 Å². The van der Waals surface area contributed by atoms with Crippen LogP contribution >= 0.6 is 0 Å². The summed E-state index contributed by atoms with van der Waals surface area (Å²) in [4.78, 5) is 28.8. The van der Waals surface area contributed by atoms with Gasteiger partial charge in [0.25, 0.3) is 0 Å². The van der Waals surface area contributed by atoms with Crippen molar-refractivity contribution in [2.75, 3.05) is 0 Å². The minimum absolute atomic E-state index is 0.0141. The van der Waals surface area contributed by atoms with Crippen LogP contribution in [0.4, 0.5) is 0 Å². The SMILES string of the molecule is CC12CCC(C([C@@H](c3ccccc3)[C@@H](c3ccccc3)C3C(=O)C4(C)CCC3C4(C)C)C1=O)C2(C)C. The minimum Gasteiger partial charge on any atom is -0.299 e. The third kappa shape index (κ3) is 2.80. The highest BCUT2D eigenvalue weighted by atomic mass is 16.1. The highest BCUT2D eigenvalue weighted by Crippen LogP contribution is 2.73. The summed E-state index contributed by atoms with van der Waals surface area (Å²) < 4.78 is 0.